The van der Waals surface area contributed by atoms with Gasteiger partial charge in [0.15, 0.2) is 0 Å². The van der Waals surface area contributed by atoms with Gasteiger partial charge in [-0.15, -0.1) is 0 Å². The molecule has 1 atom stereocenters. The number of hydrogen-bond acceptors (Lipinski definition) is 3. The van der Waals surface area contributed by atoms with Crippen LogP contribution in [0.15, 0.2) is 24.3 Å². The summed E-state index contributed by atoms with van der Waals surface area (Å²) in [6.07, 6.45) is 0. The number of aromatic nitrogens is 2. The summed E-state index contributed by atoms with van der Waals surface area (Å²) in [7, 11) is 0. The molecule has 100 valence electrons. The molecule has 0 bridgehead atoms. The monoisotopic (exact) mass is 255 g/mol. The molecule has 0 aliphatic rings. The SMILES string of the molecule is Cc1cc(C)nc(NC(C)c2cccc(C)c2C)n1. The van der Waals surface area contributed by atoms with Gasteiger partial charge in [0.2, 0.25) is 5.95 Å². The smallest absolute Gasteiger partial charge is 0.223 e. The molecule has 0 saturated carbocycles. The van der Waals surface area contributed by atoms with E-state index >= 15 is 0 Å². The summed E-state index contributed by atoms with van der Waals surface area (Å²) in [4.78, 5) is 8.86. The molecule has 0 aliphatic heterocycles. The molecule has 1 N–H and O–H groups in total. The van der Waals surface area contributed by atoms with Crippen LogP contribution in [0.5, 0.6) is 0 Å². The maximum absolute atomic E-state index is 4.43. The van der Waals surface area contributed by atoms with Gasteiger partial charge in [0.25, 0.3) is 0 Å². The molecule has 1 unspecified atom stereocenters. The first-order chi connectivity index (χ1) is 8.97. The topological polar surface area (TPSA) is 37.8 Å². The first-order valence-electron chi connectivity index (χ1n) is 6.62. The van der Waals surface area contributed by atoms with Gasteiger partial charge in [-0.2, -0.15) is 0 Å². The first kappa shape index (κ1) is 13.5. The molecule has 0 spiro atoms. The molecular weight excluding hydrogens is 234 g/mol. The number of aryl methyl sites for hydroxylation is 3. The molecule has 2 aromatic rings. The van der Waals surface area contributed by atoms with Crippen molar-refractivity contribution in [3.63, 3.8) is 0 Å². The Kier molecular flexibility index (Phi) is 3.84. The van der Waals surface area contributed by atoms with Crippen molar-refractivity contribution in [2.45, 2.75) is 40.7 Å². The molecule has 0 saturated heterocycles. The summed E-state index contributed by atoms with van der Waals surface area (Å²) in [6, 6.07) is 8.56. The van der Waals surface area contributed by atoms with E-state index in [-0.39, 0.29) is 6.04 Å². The fourth-order valence-electron chi connectivity index (χ4n) is 2.30. The Morgan fingerprint density at radius 3 is 2.26 bits per heavy atom. The van der Waals surface area contributed by atoms with Crippen molar-refractivity contribution in [3.8, 4) is 0 Å². The summed E-state index contributed by atoms with van der Waals surface area (Å²) in [5.41, 5.74) is 5.91. The van der Waals surface area contributed by atoms with Crippen molar-refractivity contribution in [1.82, 2.24) is 9.97 Å². The van der Waals surface area contributed by atoms with Crippen molar-refractivity contribution in [2.24, 2.45) is 0 Å². The van der Waals surface area contributed by atoms with Gasteiger partial charge in [0, 0.05) is 11.4 Å². The van der Waals surface area contributed by atoms with E-state index in [0.29, 0.717) is 5.95 Å². The molecule has 19 heavy (non-hydrogen) atoms. The summed E-state index contributed by atoms with van der Waals surface area (Å²) in [5.74, 6) is 0.700. The predicted octanol–water partition coefficient (Wildman–Crippen LogP) is 3.88. The van der Waals surface area contributed by atoms with Crippen molar-refractivity contribution in [1.29, 1.82) is 0 Å². The van der Waals surface area contributed by atoms with Gasteiger partial charge in [0.1, 0.15) is 0 Å². The van der Waals surface area contributed by atoms with Gasteiger partial charge in [0.05, 0.1) is 6.04 Å². The van der Waals surface area contributed by atoms with Crippen LogP contribution < -0.4 is 5.32 Å². The Morgan fingerprint density at radius 1 is 1.00 bits per heavy atom. The van der Waals surface area contributed by atoms with Crippen LogP contribution in [0.1, 0.15) is 41.0 Å². The van der Waals surface area contributed by atoms with Gasteiger partial charge in [-0.25, -0.2) is 9.97 Å². The fraction of sp³-hybridized carbons (Fsp3) is 0.375. The highest BCUT2D eigenvalue weighted by Gasteiger charge is 2.11. The highest BCUT2D eigenvalue weighted by Crippen LogP contribution is 2.22. The maximum atomic E-state index is 4.43. The molecule has 2 rings (SSSR count). The summed E-state index contributed by atoms with van der Waals surface area (Å²) in [5, 5.41) is 3.39. The largest absolute Gasteiger partial charge is 0.348 e. The van der Waals surface area contributed by atoms with Crippen molar-refractivity contribution in [2.75, 3.05) is 5.32 Å². The minimum atomic E-state index is 0.195. The van der Waals surface area contributed by atoms with Crippen LogP contribution in [-0.4, -0.2) is 9.97 Å². The number of anilines is 1. The molecule has 1 heterocycles. The summed E-state index contributed by atoms with van der Waals surface area (Å²) in [6.45, 7) is 10.4. The molecule has 3 heteroatoms. The van der Waals surface area contributed by atoms with Crippen LogP contribution in [0.2, 0.25) is 0 Å². The zero-order valence-corrected chi connectivity index (χ0v) is 12.3. The quantitative estimate of drug-likeness (QED) is 0.904. The Bertz CT molecular complexity index is 570. The second-order valence-corrected chi connectivity index (χ2v) is 5.13. The number of rotatable bonds is 3. The van der Waals surface area contributed by atoms with E-state index in [2.05, 4.69) is 54.3 Å². The summed E-state index contributed by atoms with van der Waals surface area (Å²) >= 11 is 0. The third-order valence-electron chi connectivity index (χ3n) is 3.44. The van der Waals surface area contributed by atoms with E-state index in [1.807, 2.05) is 19.9 Å². The summed E-state index contributed by atoms with van der Waals surface area (Å²) < 4.78 is 0. The van der Waals surface area contributed by atoms with Crippen molar-refractivity contribution < 1.29 is 0 Å². The van der Waals surface area contributed by atoms with Gasteiger partial charge >= 0.3 is 0 Å². The number of nitrogens with one attached hydrogen (secondary N) is 1. The molecule has 0 aliphatic carbocycles. The van der Waals surface area contributed by atoms with E-state index in [1.54, 1.807) is 0 Å². The second kappa shape index (κ2) is 5.39. The number of nitrogens with zero attached hydrogens (tertiary/aromatic N) is 2. The zero-order valence-electron chi connectivity index (χ0n) is 12.3. The minimum absolute atomic E-state index is 0.195. The van der Waals surface area contributed by atoms with Gasteiger partial charge in [-0.1, -0.05) is 18.2 Å². The standard InChI is InChI=1S/C16H21N3/c1-10-7-6-8-15(13(10)4)14(5)19-16-17-11(2)9-12(3)18-16/h6-9,14H,1-5H3,(H,17,18,19). The average Bonchev–Trinajstić information content (AvgIpc) is 2.31. The zero-order chi connectivity index (χ0) is 14.0. The lowest BCUT2D eigenvalue weighted by molar-refractivity contribution is 0.843. The Labute approximate surface area is 115 Å². The third-order valence-corrected chi connectivity index (χ3v) is 3.44. The van der Waals surface area contributed by atoms with Crippen molar-refractivity contribution >= 4 is 5.95 Å². The maximum Gasteiger partial charge on any atom is 0.223 e. The highest BCUT2D eigenvalue weighted by atomic mass is 15.1. The Hall–Kier alpha value is -1.90. The highest BCUT2D eigenvalue weighted by molar-refractivity contribution is 5.39. The fourth-order valence-corrected chi connectivity index (χ4v) is 2.30. The van der Waals surface area contributed by atoms with Crippen LogP contribution in [0, 0.1) is 27.7 Å². The van der Waals surface area contributed by atoms with Crippen molar-refractivity contribution in [3.05, 3.63) is 52.3 Å². The first-order valence-corrected chi connectivity index (χ1v) is 6.62. The predicted molar refractivity (Wildman–Crippen MR) is 79.5 cm³/mol. The Balaban J connectivity index is 2.25. The third kappa shape index (κ3) is 3.11. The second-order valence-electron chi connectivity index (χ2n) is 5.13. The van der Waals surface area contributed by atoms with Crippen LogP contribution >= 0.6 is 0 Å². The number of benzene rings is 1. The molecule has 0 amide bonds. The molecular formula is C16H21N3. The van der Waals surface area contributed by atoms with Crippen LogP contribution in [0.4, 0.5) is 5.95 Å². The van der Waals surface area contributed by atoms with E-state index in [1.165, 1.54) is 16.7 Å². The lowest BCUT2D eigenvalue weighted by atomic mass is 9.98. The average molecular weight is 255 g/mol. The van der Waals surface area contributed by atoms with Gasteiger partial charge < -0.3 is 5.32 Å². The number of hydrogen-bond donors (Lipinski definition) is 1. The van der Waals surface area contributed by atoms with Crippen LogP contribution in [0.3, 0.4) is 0 Å². The van der Waals surface area contributed by atoms with E-state index in [4.69, 9.17) is 0 Å². The lowest BCUT2D eigenvalue weighted by Gasteiger charge is -2.18. The van der Waals surface area contributed by atoms with Crippen LogP contribution in [-0.2, 0) is 0 Å². The Morgan fingerprint density at radius 2 is 1.63 bits per heavy atom. The van der Waals surface area contributed by atoms with Crippen LogP contribution in [0.25, 0.3) is 0 Å². The molecule has 0 radical (unpaired) electrons. The molecule has 3 nitrogen and oxygen atoms in total. The van der Waals surface area contributed by atoms with E-state index in [9.17, 15) is 0 Å². The molecule has 0 fully saturated rings. The normalized spacial score (nSPS) is 12.3. The molecule has 1 aromatic carbocycles. The molecule has 1 aromatic heterocycles. The lowest BCUT2D eigenvalue weighted by Crippen LogP contribution is -2.12. The van der Waals surface area contributed by atoms with E-state index in [0.717, 1.165) is 11.4 Å². The van der Waals surface area contributed by atoms with E-state index < -0.39 is 0 Å². The van der Waals surface area contributed by atoms with Gasteiger partial charge in [-0.3, -0.25) is 0 Å². The van der Waals surface area contributed by atoms with Gasteiger partial charge in [-0.05, 0) is 57.4 Å². The minimum Gasteiger partial charge on any atom is -0.348 e.